The molecule has 0 radical (unpaired) electrons. The number of amides is 1. The number of hydrogen-bond acceptors (Lipinski definition) is 2. The fourth-order valence-corrected chi connectivity index (χ4v) is 2.12. The molecule has 1 amide bonds. The zero-order valence-corrected chi connectivity index (χ0v) is 10.3. The van der Waals surface area contributed by atoms with E-state index in [-0.39, 0.29) is 11.8 Å². The van der Waals surface area contributed by atoms with Gasteiger partial charge in [0.05, 0.1) is 12.5 Å². The van der Waals surface area contributed by atoms with Gasteiger partial charge in [0.1, 0.15) is 0 Å². The molecular weight excluding hydrogens is 246 g/mol. The third-order valence-corrected chi connectivity index (χ3v) is 2.79. The molecule has 4 heteroatoms. The van der Waals surface area contributed by atoms with Crippen LogP contribution in [0.25, 0.3) is 0 Å². The molecule has 82 valence electrons. The number of hydrogen-bond donors (Lipinski definition) is 0. The van der Waals surface area contributed by atoms with Gasteiger partial charge in [0.15, 0.2) is 0 Å². The van der Waals surface area contributed by atoms with Crippen molar-refractivity contribution in [3.63, 3.8) is 0 Å². The second-order valence-electron chi connectivity index (χ2n) is 3.57. The van der Waals surface area contributed by atoms with Crippen LogP contribution in [0.3, 0.4) is 0 Å². The molecule has 0 aromatic heterocycles. The summed E-state index contributed by atoms with van der Waals surface area (Å²) in [5.74, 6) is 0.379. The molecule has 0 bridgehead atoms. The van der Waals surface area contributed by atoms with Gasteiger partial charge in [-0.25, -0.2) is 0 Å². The lowest BCUT2D eigenvalue weighted by molar-refractivity contribution is -0.135. The first-order valence-corrected chi connectivity index (χ1v) is 6.34. The fourth-order valence-electron chi connectivity index (χ4n) is 1.69. The van der Waals surface area contributed by atoms with Crippen LogP contribution < -0.4 is 0 Å². The molecule has 1 unspecified atom stereocenters. The molecule has 0 saturated carbocycles. The van der Waals surface area contributed by atoms with Crippen LogP contribution in [0.4, 0.5) is 0 Å². The summed E-state index contributed by atoms with van der Waals surface area (Å²) in [4.78, 5) is 13.9. The predicted octanol–water partition coefficient (Wildman–Crippen LogP) is 1.66. The summed E-state index contributed by atoms with van der Waals surface area (Å²) in [6.07, 6.45) is 1.91. The van der Waals surface area contributed by atoms with Gasteiger partial charge in [-0.2, -0.15) is 0 Å². The summed E-state index contributed by atoms with van der Waals surface area (Å²) in [5.41, 5.74) is 0. The second-order valence-corrected chi connectivity index (χ2v) is 4.37. The van der Waals surface area contributed by atoms with Crippen molar-refractivity contribution in [3.05, 3.63) is 0 Å². The minimum Gasteiger partial charge on any atom is -0.381 e. The Balaban J connectivity index is 2.43. The smallest absolute Gasteiger partial charge is 0.228 e. The Hall–Kier alpha value is -0.0900. The highest BCUT2D eigenvalue weighted by Crippen LogP contribution is 2.15. The Morgan fingerprint density at radius 3 is 2.86 bits per heavy atom. The van der Waals surface area contributed by atoms with Crippen LogP contribution in [0.5, 0.6) is 0 Å². The summed E-state index contributed by atoms with van der Waals surface area (Å²) in [6.45, 7) is 5.12. The van der Waals surface area contributed by atoms with Crippen LogP contribution in [0, 0.1) is 5.92 Å². The van der Waals surface area contributed by atoms with Crippen LogP contribution in [-0.2, 0) is 9.53 Å². The van der Waals surface area contributed by atoms with Gasteiger partial charge in [-0.05, 0) is 12.8 Å². The van der Waals surface area contributed by atoms with Gasteiger partial charge in [0, 0.05) is 25.0 Å². The fraction of sp³-hybridized carbons (Fsp3) is 0.900. The van der Waals surface area contributed by atoms with E-state index in [2.05, 4.69) is 22.9 Å². The lowest BCUT2D eigenvalue weighted by atomic mass is 10.1. The molecule has 1 aliphatic rings. The molecule has 0 aromatic rings. The number of ether oxygens (including phenoxy) is 1. The topological polar surface area (TPSA) is 29.5 Å². The second kappa shape index (κ2) is 6.40. The first kappa shape index (κ1) is 12.0. The van der Waals surface area contributed by atoms with E-state index in [1.807, 2.05) is 4.90 Å². The Morgan fingerprint density at radius 1 is 1.57 bits per heavy atom. The molecule has 0 spiro atoms. The van der Waals surface area contributed by atoms with Crippen LogP contribution in [-0.4, -0.2) is 42.4 Å². The van der Waals surface area contributed by atoms with Gasteiger partial charge in [-0.15, -0.1) is 0 Å². The van der Waals surface area contributed by atoms with E-state index in [0.717, 1.165) is 37.9 Å². The van der Waals surface area contributed by atoms with Crippen LogP contribution >= 0.6 is 15.9 Å². The van der Waals surface area contributed by atoms with E-state index < -0.39 is 0 Å². The predicted molar refractivity (Wildman–Crippen MR) is 59.6 cm³/mol. The van der Waals surface area contributed by atoms with Crippen molar-refractivity contribution in [2.45, 2.75) is 19.8 Å². The highest BCUT2D eigenvalue weighted by molar-refractivity contribution is 9.09. The van der Waals surface area contributed by atoms with Crippen molar-refractivity contribution in [2.75, 3.05) is 31.6 Å². The maximum atomic E-state index is 12.0. The van der Waals surface area contributed by atoms with E-state index in [1.54, 1.807) is 0 Å². The Kier molecular flexibility index (Phi) is 5.48. The lowest BCUT2D eigenvalue weighted by Crippen LogP contribution is -2.38. The van der Waals surface area contributed by atoms with Gasteiger partial charge in [-0.1, -0.05) is 22.9 Å². The minimum atomic E-state index is 0.112. The average Bonchev–Trinajstić information content (AvgIpc) is 2.69. The molecule has 14 heavy (non-hydrogen) atoms. The molecule has 0 aliphatic carbocycles. The summed E-state index contributed by atoms with van der Waals surface area (Å²) in [7, 11) is 0. The summed E-state index contributed by atoms with van der Waals surface area (Å²) in [6, 6.07) is 0. The summed E-state index contributed by atoms with van der Waals surface area (Å²) >= 11 is 3.37. The van der Waals surface area contributed by atoms with Crippen molar-refractivity contribution in [3.8, 4) is 0 Å². The van der Waals surface area contributed by atoms with Crippen molar-refractivity contribution < 1.29 is 9.53 Å². The largest absolute Gasteiger partial charge is 0.381 e. The molecule has 0 aromatic carbocycles. The number of nitrogens with zero attached hydrogens (tertiary/aromatic N) is 1. The van der Waals surface area contributed by atoms with Crippen molar-refractivity contribution >= 4 is 21.8 Å². The normalized spacial score (nSPS) is 21.1. The third kappa shape index (κ3) is 3.24. The highest BCUT2D eigenvalue weighted by Gasteiger charge is 2.27. The standard InChI is InChI=1S/C10H18BrNO2/c1-2-5-12(6-4-11)10(13)9-3-7-14-8-9/h9H,2-8H2,1H3. The number of carbonyl (C=O) groups is 1. The van der Waals surface area contributed by atoms with Crippen LogP contribution in [0.2, 0.25) is 0 Å². The van der Waals surface area contributed by atoms with Gasteiger partial charge in [0.2, 0.25) is 5.91 Å². The molecular formula is C10H18BrNO2. The van der Waals surface area contributed by atoms with Crippen molar-refractivity contribution in [1.82, 2.24) is 4.90 Å². The molecule has 1 saturated heterocycles. The van der Waals surface area contributed by atoms with E-state index in [0.29, 0.717) is 6.61 Å². The van der Waals surface area contributed by atoms with Crippen LogP contribution in [0.15, 0.2) is 0 Å². The molecule has 0 N–H and O–H groups in total. The van der Waals surface area contributed by atoms with Crippen molar-refractivity contribution in [1.29, 1.82) is 0 Å². The van der Waals surface area contributed by atoms with Gasteiger partial charge < -0.3 is 9.64 Å². The quantitative estimate of drug-likeness (QED) is 0.707. The maximum Gasteiger partial charge on any atom is 0.228 e. The summed E-state index contributed by atoms with van der Waals surface area (Å²) < 4.78 is 5.23. The number of carbonyl (C=O) groups excluding carboxylic acids is 1. The third-order valence-electron chi connectivity index (χ3n) is 2.44. The van der Waals surface area contributed by atoms with E-state index in [4.69, 9.17) is 4.74 Å². The molecule has 3 nitrogen and oxygen atoms in total. The molecule has 1 fully saturated rings. The van der Waals surface area contributed by atoms with E-state index in [1.165, 1.54) is 0 Å². The molecule has 1 atom stereocenters. The van der Waals surface area contributed by atoms with Gasteiger partial charge >= 0.3 is 0 Å². The number of halogens is 1. The monoisotopic (exact) mass is 263 g/mol. The molecule has 1 rings (SSSR count). The van der Waals surface area contributed by atoms with Gasteiger partial charge in [-0.3, -0.25) is 4.79 Å². The SMILES string of the molecule is CCCN(CCBr)C(=O)C1CCOC1. The Labute approximate surface area is 93.9 Å². The number of rotatable bonds is 5. The van der Waals surface area contributed by atoms with Gasteiger partial charge in [0.25, 0.3) is 0 Å². The molecule has 1 aliphatic heterocycles. The maximum absolute atomic E-state index is 12.0. The Morgan fingerprint density at radius 2 is 2.36 bits per heavy atom. The van der Waals surface area contributed by atoms with E-state index >= 15 is 0 Å². The zero-order valence-electron chi connectivity index (χ0n) is 8.67. The zero-order chi connectivity index (χ0) is 10.4. The van der Waals surface area contributed by atoms with Crippen molar-refractivity contribution in [2.24, 2.45) is 5.92 Å². The first-order valence-electron chi connectivity index (χ1n) is 5.22. The average molecular weight is 264 g/mol. The molecule has 1 heterocycles. The summed E-state index contributed by atoms with van der Waals surface area (Å²) in [5, 5.41) is 0.853. The van der Waals surface area contributed by atoms with Crippen LogP contribution in [0.1, 0.15) is 19.8 Å². The lowest BCUT2D eigenvalue weighted by Gasteiger charge is -2.23. The minimum absolute atomic E-state index is 0.112. The Bertz CT molecular complexity index is 175. The first-order chi connectivity index (χ1) is 6.79. The number of alkyl halides is 1. The highest BCUT2D eigenvalue weighted by atomic mass is 79.9. The van der Waals surface area contributed by atoms with E-state index in [9.17, 15) is 4.79 Å².